The summed E-state index contributed by atoms with van der Waals surface area (Å²) in [5.74, 6) is -1.85. The summed E-state index contributed by atoms with van der Waals surface area (Å²) in [6.45, 7) is 0.194. The number of hydrogen-bond acceptors (Lipinski definition) is 2. The Kier molecular flexibility index (Phi) is 3.03. The number of rotatable bonds is 2. The predicted molar refractivity (Wildman–Crippen MR) is 53.9 cm³/mol. The van der Waals surface area contributed by atoms with Gasteiger partial charge in [0.05, 0.1) is 6.54 Å². The standard InChI is InChI=1S/C11H9F2N2O2/c12-8-2-1-7(9(13)5-8)6-15-4-3-10(16)14-11(15)17/h1-2,5H,3-4,6H2. The lowest BCUT2D eigenvalue weighted by Gasteiger charge is -2.25. The van der Waals surface area contributed by atoms with Gasteiger partial charge in [0, 0.05) is 24.6 Å². The van der Waals surface area contributed by atoms with E-state index in [-0.39, 0.29) is 25.1 Å². The van der Waals surface area contributed by atoms with E-state index in [4.69, 9.17) is 0 Å². The van der Waals surface area contributed by atoms with Gasteiger partial charge >= 0.3 is 6.03 Å². The molecule has 0 saturated carbocycles. The van der Waals surface area contributed by atoms with E-state index in [9.17, 15) is 18.4 Å². The zero-order valence-electron chi connectivity index (χ0n) is 8.82. The molecule has 2 rings (SSSR count). The Bertz CT molecular complexity index is 477. The lowest BCUT2D eigenvalue weighted by atomic mass is 10.2. The minimum atomic E-state index is -0.713. The number of benzene rings is 1. The van der Waals surface area contributed by atoms with Crippen molar-refractivity contribution < 1.29 is 18.4 Å². The number of imide groups is 1. The lowest BCUT2D eigenvalue weighted by molar-refractivity contribution is -0.121. The summed E-state index contributed by atoms with van der Waals surface area (Å²) < 4.78 is 26.0. The number of carbonyl (C=O) groups is 2. The van der Waals surface area contributed by atoms with Gasteiger partial charge in [-0.2, -0.15) is 5.32 Å². The number of nitrogens with zero attached hydrogens (tertiary/aromatic N) is 2. The first-order valence-corrected chi connectivity index (χ1v) is 5.03. The van der Waals surface area contributed by atoms with Gasteiger partial charge in [0.25, 0.3) is 5.91 Å². The Balaban J connectivity index is 2.10. The fraction of sp³-hybridized carbons (Fsp3) is 0.273. The topological polar surface area (TPSA) is 51.5 Å². The van der Waals surface area contributed by atoms with Crippen LogP contribution in [0, 0.1) is 11.6 Å². The van der Waals surface area contributed by atoms with Gasteiger partial charge in [-0.25, -0.2) is 13.6 Å². The van der Waals surface area contributed by atoms with E-state index < -0.39 is 23.6 Å². The van der Waals surface area contributed by atoms with Crippen LogP contribution in [0.1, 0.15) is 12.0 Å². The van der Waals surface area contributed by atoms with Crippen molar-refractivity contribution in [1.29, 1.82) is 0 Å². The quantitative estimate of drug-likeness (QED) is 0.783. The number of urea groups is 1. The largest absolute Gasteiger partial charge is 0.347 e. The minimum absolute atomic E-state index is 0.0122. The van der Waals surface area contributed by atoms with Crippen LogP contribution in [-0.2, 0) is 11.3 Å². The molecule has 1 saturated heterocycles. The molecule has 0 aliphatic carbocycles. The van der Waals surface area contributed by atoms with E-state index in [2.05, 4.69) is 5.32 Å². The summed E-state index contributed by atoms with van der Waals surface area (Å²) in [4.78, 5) is 23.4. The fourth-order valence-electron chi connectivity index (χ4n) is 1.56. The zero-order chi connectivity index (χ0) is 12.4. The molecule has 1 aliphatic heterocycles. The average molecular weight is 239 g/mol. The second-order valence-electron chi connectivity index (χ2n) is 3.70. The Morgan fingerprint density at radius 3 is 2.71 bits per heavy atom. The first-order chi connectivity index (χ1) is 8.06. The van der Waals surface area contributed by atoms with Crippen molar-refractivity contribution in [2.75, 3.05) is 6.54 Å². The van der Waals surface area contributed by atoms with Crippen molar-refractivity contribution in [2.45, 2.75) is 13.0 Å². The van der Waals surface area contributed by atoms with Gasteiger partial charge < -0.3 is 4.90 Å². The highest BCUT2D eigenvalue weighted by atomic mass is 19.1. The molecule has 17 heavy (non-hydrogen) atoms. The maximum Gasteiger partial charge on any atom is 0.347 e. The molecule has 0 bridgehead atoms. The molecule has 6 heteroatoms. The van der Waals surface area contributed by atoms with Crippen LogP contribution in [0.2, 0.25) is 0 Å². The third-order valence-electron chi connectivity index (χ3n) is 2.46. The second-order valence-corrected chi connectivity index (χ2v) is 3.70. The number of amides is 3. The van der Waals surface area contributed by atoms with E-state index in [1.54, 1.807) is 0 Å². The Hall–Kier alpha value is -1.98. The smallest absolute Gasteiger partial charge is 0.318 e. The third-order valence-corrected chi connectivity index (χ3v) is 2.46. The van der Waals surface area contributed by atoms with Crippen LogP contribution in [-0.4, -0.2) is 23.4 Å². The summed E-state index contributed by atoms with van der Waals surface area (Å²) in [5, 5.41) is 3.26. The molecule has 3 amide bonds. The summed E-state index contributed by atoms with van der Waals surface area (Å²) in [6, 6.07) is 2.47. The van der Waals surface area contributed by atoms with E-state index >= 15 is 0 Å². The molecule has 1 radical (unpaired) electrons. The lowest BCUT2D eigenvalue weighted by Crippen LogP contribution is -2.44. The SMILES string of the molecule is O=C1CCN(Cc2ccc(F)cc2F)C(=O)[N]1. The summed E-state index contributed by atoms with van der Waals surface area (Å²) in [7, 11) is 0. The van der Waals surface area contributed by atoms with Crippen molar-refractivity contribution in [3.8, 4) is 0 Å². The molecule has 1 aliphatic rings. The molecule has 1 fully saturated rings. The monoisotopic (exact) mass is 239 g/mol. The molecule has 0 atom stereocenters. The molecular weight excluding hydrogens is 230 g/mol. The molecule has 1 aromatic rings. The van der Waals surface area contributed by atoms with Crippen LogP contribution in [0.3, 0.4) is 0 Å². The summed E-state index contributed by atoms with van der Waals surface area (Å²) >= 11 is 0. The Morgan fingerprint density at radius 2 is 2.06 bits per heavy atom. The average Bonchev–Trinajstić information content (AvgIpc) is 2.25. The first-order valence-electron chi connectivity index (χ1n) is 5.03. The molecule has 0 unspecified atom stereocenters. The predicted octanol–water partition coefficient (Wildman–Crippen LogP) is 1.42. The molecule has 1 heterocycles. The molecule has 4 nitrogen and oxygen atoms in total. The van der Waals surface area contributed by atoms with E-state index in [0.29, 0.717) is 0 Å². The van der Waals surface area contributed by atoms with Crippen molar-refractivity contribution in [1.82, 2.24) is 10.2 Å². The highest BCUT2D eigenvalue weighted by Crippen LogP contribution is 2.14. The van der Waals surface area contributed by atoms with Gasteiger partial charge in [0.1, 0.15) is 11.6 Å². The van der Waals surface area contributed by atoms with Gasteiger partial charge in [-0.3, -0.25) is 4.79 Å². The molecule has 0 aromatic heterocycles. The van der Waals surface area contributed by atoms with Crippen LogP contribution in [0.15, 0.2) is 18.2 Å². The summed E-state index contributed by atoms with van der Waals surface area (Å²) in [5.41, 5.74) is 0.198. The number of halogens is 2. The van der Waals surface area contributed by atoms with Crippen molar-refractivity contribution in [3.63, 3.8) is 0 Å². The first kappa shape index (κ1) is 11.5. The van der Waals surface area contributed by atoms with Gasteiger partial charge in [-0.15, -0.1) is 0 Å². The fourth-order valence-corrected chi connectivity index (χ4v) is 1.56. The van der Waals surface area contributed by atoms with Crippen LogP contribution < -0.4 is 5.32 Å². The highest BCUT2D eigenvalue weighted by Gasteiger charge is 2.25. The molecule has 1 aromatic carbocycles. The highest BCUT2D eigenvalue weighted by molar-refractivity contribution is 5.96. The van der Waals surface area contributed by atoms with Crippen LogP contribution in [0.5, 0.6) is 0 Å². The Labute approximate surface area is 96.2 Å². The van der Waals surface area contributed by atoms with Crippen LogP contribution >= 0.6 is 0 Å². The minimum Gasteiger partial charge on any atom is -0.318 e. The van der Waals surface area contributed by atoms with E-state index in [1.807, 2.05) is 0 Å². The second kappa shape index (κ2) is 4.48. The normalized spacial score (nSPS) is 16.0. The molecule has 0 N–H and O–H groups in total. The van der Waals surface area contributed by atoms with Gasteiger partial charge in [-0.05, 0) is 6.07 Å². The molecule has 89 valence electrons. The zero-order valence-corrected chi connectivity index (χ0v) is 8.82. The van der Waals surface area contributed by atoms with Crippen LogP contribution in [0.25, 0.3) is 0 Å². The number of carbonyl (C=O) groups excluding carboxylic acids is 2. The van der Waals surface area contributed by atoms with E-state index in [1.165, 1.54) is 11.0 Å². The maximum atomic E-state index is 13.3. The van der Waals surface area contributed by atoms with Crippen LogP contribution in [0.4, 0.5) is 13.6 Å². The van der Waals surface area contributed by atoms with E-state index in [0.717, 1.165) is 12.1 Å². The Morgan fingerprint density at radius 1 is 1.29 bits per heavy atom. The summed E-state index contributed by atoms with van der Waals surface area (Å²) in [6.07, 6.45) is 0.133. The van der Waals surface area contributed by atoms with Crippen molar-refractivity contribution >= 4 is 11.9 Å². The van der Waals surface area contributed by atoms with Crippen molar-refractivity contribution in [2.24, 2.45) is 0 Å². The third kappa shape index (κ3) is 2.58. The van der Waals surface area contributed by atoms with Gasteiger partial charge in [-0.1, -0.05) is 6.07 Å². The molecule has 0 spiro atoms. The van der Waals surface area contributed by atoms with Gasteiger partial charge in [0.15, 0.2) is 0 Å². The molecular formula is C11H9F2N2O2. The maximum absolute atomic E-state index is 13.3. The van der Waals surface area contributed by atoms with Gasteiger partial charge in [0.2, 0.25) is 0 Å². The van der Waals surface area contributed by atoms with Crippen molar-refractivity contribution in [3.05, 3.63) is 35.4 Å². The number of hydrogen-bond donors (Lipinski definition) is 0.